The number of aryl methyl sites for hydroxylation is 1. The van der Waals surface area contributed by atoms with E-state index in [-0.39, 0.29) is 11.7 Å². The van der Waals surface area contributed by atoms with Crippen LogP contribution in [0.15, 0.2) is 34.8 Å². The number of hydrogen-bond acceptors (Lipinski definition) is 7. The highest BCUT2D eigenvalue weighted by Gasteiger charge is 2.13. The molecule has 0 spiro atoms. The zero-order valence-corrected chi connectivity index (χ0v) is 17.6. The average Bonchev–Trinajstić information content (AvgIpc) is 3.10. The summed E-state index contributed by atoms with van der Waals surface area (Å²) in [5.74, 6) is 0.223. The number of halogens is 2. The number of pyridine rings is 1. The van der Waals surface area contributed by atoms with Crippen molar-refractivity contribution in [1.82, 2.24) is 15.2 Å². The largest absolute Gasteiger partial charge is 0.330 e. The predicted octanol–water partition coefficient (Wildman–Crippen LogP) is 5.33. The second-order valence-corrected chi connectivity index (χ2v) is 8.58. The molecule has 3 aromatic rings. The van der Waals surface area contributed by atoms with Crippen LogP contribution in [-0.2, 0) is 4.79 Å². The molecule has 2 N–H and O–H groups in total. The zero-order valence-electron chi connectivity index (χ0n) is 14.4. The van der Waals surface area contributed by atoms with Crippen LogP contribution < -0.4 is 10.6 Å². The number of nitrogens with zero attached hydrogens (tertiary/aromatic N) is 3. The number of carbonyl (C=O) groups excluding carboxylic acids is 1. The second kappa shape index (κ2) is 8.88. The van der Waals surface area contributed by atoms with Crippen LogP contribution >= 0.6 is 46.3 Å². The number of carbonyl (C=O) groups is 1. The van der Waals surface area contributed by atoms with Crippen molar-refractivity contribution in [2.45, 2.75) is 18.2 Å². The molecule has 0 atom stereocenters. The Hall–Kier alpha value is -1.87. The number of benzene rings is 1. The van der Waals surface area contributed by atoms with Crippen LogP contribution in [0.25, 0.3) is 0 Å². The van der Waals surface area contributed by atoms with Crippen molar-refractivity contribution in [2.24, 2.45) is 0 Å². The fourth-order valence-electron chi connectivity index (χ4n) is 2.02. The minimum absolute atomic E-state index is 0.166. The average molecular weight is 440 g/mol. The summed E-state index contributed by atoms with van der Waals surface area (Å²) in [4.78, 5) is 16.2. The van der Waals surface area contributed by atoms with E-state index in [2.05, 4.69) is 25.8 Å². The molecule has 140 valence electrons. The summed E-state index contributed by atoms with van der Waals surface area (Å²) in [6.45, 7) is 3.79. The van der Waals surface area contributed by atoms with Gasteiger partial charge in [-0.1, -0.05) is 64.0 Å². The molecule has 0 aliphatic carbocycles. The van der Waals surface area contributed by atoms with Crippen molar-refractivity contribution in [3.8, 4) is 0 Å². The third-order valence-electron chi connectivity index (χ3n) is 3.50. The smallest absolute Gasteiger partial charge is 0.236 e. The Kier molecular flexibility index (Phi) is 6.54. The quantitative estimate of drug-likeness (QED) is 0.505. The van der Waals surface area contributed by atoms with Crippen molar-refractivity contribution in [2.75, 3.05) is 16.4 Å². The first kappa shape index (κ1) is 19.9. The van der Waals surface area contributed by atoms with Gasteiger partial charge >= 0.3 is 0 Å². The lowest BCUT2D eigenvalue weighted by atomic mass is 10.2. The minimum Gasteiger partial charge on any atom is -0.330 e. The minimum atomic E-state index is -0.237. The van der Waals surface area contributed by atoms with Crippen LogP contribution in [0, 0.1) is 13.8 Å². The topological polar surface area (TPSA) is 79.8 Å². The van der Waals surface area contributed by atoms with Crippen molar-refractivity contribution in [3.05, 3.63) is 51.6 Å². The summed E-state index contributed by atoms with van der Waals surface area (Å²) in [5, 5.41) is 15.5. The van der Waals surface area contributed by atoms with Gasteiger partial charge in [-0.3, -0.25) is 4.79 Å². The molecule has 1 aromatic carbocycles. The number of anilines is 3. The Morgan fingerprint density at radius 2 is 1.93 bits per heavy atom. The van der Waals surface area contributed by atoms with E-state index < -0.39 is 0 Å². The first-order chi connectivity index (χ1) is 12.9. The lowest BCUT2D eigenvalue weighted by molar-refractivity contribution is -0.113. The van der Waals surface area contributed by atoms with E-state index in [0.29, 0.717) is 30.9 Å². The molecule has 0 aliphatic rings. The number of thioether (sulfide) groups is 1. The first-order valence-corrected chi connectivity index (χ1v) is 10.4. The molecule has 0 unspecified atom stereocenters. The van der Waals surface area contributed by atoms with Crippen LogP contribution in [0.4, 0.5) is 16.6 Å². The molecule has 3 rings (SSSR count). The molecule has 0 fully saturated rings. The first-order valence-electron chi connectivity index (χ1n) is 7.83. The van der Waals surface area contributed by atoms with Crippen molar-refractivity contribution in [1.29, 1.82) is 0 Å². The summed E-state index contributed by atoms with van der Waals surface area (Å²) in [7, 11) is 0. The van der Waals surface area contributed by atoms with Gasteiger partial charge in [0.05, 0.1) is 15.8 Å². The van der Waals surface area contributed by atoms with Crippen LogP contribution in [0.2, 0.25) is 10.0 Å². The van der Waals surface area contributed by atoms with Gasteiger partial charge in [0.1, 0.15) is 0 Å². The monoisotopic (exact) mass is 439 g/mol. The molecule has 27 heavy (non-hydrogen) atoms. The van der Waals surface area contributed by atoms with Crippen molar-refractivity contribution >= 4 is 68.8 Å². The Balaban J connectivity index is 1.54. The molecule has 0 bridgehead atoms. The summed E-state index contributed by atoms with van der Waals surface area (Å²) >= 11 is 14.8. The fraction of sp³-hybridized carbons (Fsp3) is 0.176. The summed E-state index contributed by atoms with van der Waals surface area (Å²) in [5.41, 5.74) is 2.79. The summed E-state index contributed by atoms with van der Waals surface area (Å²) in [6, 6.07) is 7.98. The lowest BCUT2D eigenvalue weighted by Gasteiger charge is -2.08. The van der Waals surface area contributed by atoms with Gasteiger partial charge in [-0.15, -0.1) is 10.2 Å². The number of aromatic nitrogens is 3. The van der Waals surface area contributed by atoms with Gasteiger partial charge in [-0.25, -0.2) is 4.98 Å². The number of amides is 1. The fourth-order valence-corrected chi connectivity index (χ4v) is 3.98. The van der Waals surface area contributed by atoms with Gasteiger partial charge in [0.2, 0.25) is 11.0 Å². The van der Waals surface area contributed by atoms with Crippen molar-refractivity contribution < 1.29 is 4.79 Å². The van der Waals surface area contributed by atoms with E-state index in [4.69, 9.17) is 23.2 Å². The van der Waals surface area contributed by atoms with E-state index in [1.807, 2.05) is 31.2 Å². The SMILES string of the molecule is Cc1ccc(Nc2nnc(SCC(=O)Nc3ncc(Cl)c(C)c3Cl)s2)cc1. The maximum atomic E-state index is 12.1. The third-order valence-corrected chi connectivity index (χ3v) is 6.31. The molecule has 0 saturated heterocycles. The molecule has 0 saturated carbocycles. The third kappa shape index (κ3) is 5.32. The molecule has 0 radical (unpaired) electrons. The molecular weight excluding hydrogens is 425 g/mol. The Morgan fingerprint density at radius 3 is 2.67 bits per heavy atom. The Bertz CT molecular complexity index is 962. The highest BCUT2D eigenvalue weighted by atomic mass is 35.5. The van der Waals surface area contributed by atoms with Gasteiger partial charge < -0.3 is 10.6 Å². The van der Waals surface area contributed by atoms with Gasteiger partial charge in [-0.2, -0.15) is 0 Å². The van der Waals surface area contributed by atoms with Gasteiger partial charge in [0, 0.05) is 11.9 Å². The normalized spacial score (nSPS) is 10.7. The van der Waals surface area contributed by atoms with Crippen LogP contribution in [0.3, 0.4) is 0 Å². The highest BCUT2D eigenvalue weighted by Crippen LogP contribution is 2.30. The maximum Gasteiger partial charge on any atom is 0.236 e. The number of rotatable bonds is 6. The summed E-state index contributed by atoms with van der Waals surface area (Å²) in [6.07, 6.45) is 1.46. The molecule has 10 heteroatoms. The van der Waals surface area contributed by atoms with E-state index in [9.17, 15) is 4.79 Å². The van der Waals surface area contributed by atoms with E-state index in [0.717, 1.165) is 5.69 Å². The Morgan fingerprint density at radius 1 is 1.19 bits per heavy atom. The Labute approximate surface area is 174 Å². The van der Waals surface area contributed by atoms with E-state index in [1.54, 1.807) is 6.92 Å². The van der Waals surface area contributed by atoms with Gasteiger partial charge in [0.15, 0.2) is 10.2 Å². The standard InChI is InChI=1S/C17H15Cl2N5OS2/c1-9-3-5-11(6-4-9)21-16-23-24-17(27-16)26-8-13(25)22-15-14(19)10(2)12(18)7-20-15/h3-7H,8H2,1-2H3,(H,21,23)(H,20,22,25). The highest BCUT2D eigenvalue weighted by molar-refractivity contribution is 8.01. The van der Waals surface area contributed by atoms with E-state index in [1.165, 1.54) is 34.9 Å². The lowest BCUT2D eigenvalue weighted by Crippen LogP contribution is -2.15. The molecule has 0 aliphatic heterocycles. The second-order valence-electron chi connectivity index (χ2n) is 5.59. The van der Waals surface area contributed by atoms with Crippen LogP contribution in [0.5, 0.6) is 0 Å². The van der Waals surface area contributed by atoms with Crippen molar-refractivity contribution in [3.63, 3.8) is 0 Å². The van der Waals surface area contributed by atoms with Crippen LogP contribution in [0.1, 0.15) is 11.1 Å². The zero-order chi connectivity index (χ0) is 19.4. The van der Waals surface area contributed by atoms with Gasteiger partial charge in [-0.05, 0) is 31.5 Å². The number of hydrogen-bond donors (Lipinski definition) is 2. The molecule has 2 aromatic heterocycles. The molecule has 6 nitrogen and oxygen atoms in total. The molecule has 1 amide bonds. The molecule has 2 heterocycles. The molecular formula is C17H15Cl2N5OS2. The predicted molar refractivity (Wildman–Crippen MR) is 113 cm³/mol. The maximum absolute atomic E-state index is 12.1. The van der Waals surface area contributed by atoms with E-state index >= 15 is 0 Å². The summed E-state index contributed by atoms with van der Waals surface area (Å²) < 4.78 is 0.686. The van der Waals surface area contributed by atoms with Crippen LogP contribution in [-0.4, -0.2) is 26.8 Å². The number of nitrogens with one attached hydrogen (secondary N) is 2. The van der Waals surface area contributed by atoms with Gasteiger partial charge in [0.25, 0.3) is 0 Å².